The van der Waals surface area contributed by atoms with Crippen molar-refractivity contribution >= 4 is 5.91 Å². The molecule has 2 aromatic rings. The Balaban J connectivity index is 1.60. The van der Waals surface area contributed by atoms with Crippen LogP contribution in [0.1, 0.15) is 44.3 Å². The summed E-state index contributed by atoms with van der Waals surface area (Å²) in [5.74, 6) is 1.53. The van der Waals surface area contributed by atoms with Gasteiger partial charge in [-0.25, -0.2) is 0 Å². The fourth-order valence-corrected chi connectivity index (χ4v) is 1.84. The molecule has 0 aliphatic heterocycles. The maximum atomic E-state index is 11.7. The van der Waals surface area contributed by atoms with Gasteiger partial charge in [0, 0.05) is 44.2 Å². The topological polar surface area (TPSA) is 85.8 Å². The molecule has 114 valence electrons. The van der Waals surface area contributed by atoms with E-state index in [2.05, 4.69) is 20.6 Å². The third-order valence-corrected chi connectivity index (χ3v) is 3.00. The number of hydrogen-bond acceptors (Lipinski definition) is 5. The molecule has 2 rings (SSSR count). The van der Waals surface area contributed by atoms with E-state index in [1.165, 1.54) is 0 Å². The molecule has 7 heteroatoms. The monoisotopic (exact) mass is 291 g/mol. The first-order valence-corrected chi connectivity index (χ1v) is 7.21. The van der Waals surface area contributed by atoms with Gasteiger partial charge in [-0.1, -0.05) is 19.0 Å². The highest BCUT2D eigenvalue weighted by Gasteiger charge is 2.09. The highest BCUT2D eigenvalue weighted by molar-refractivity contribution is 5.75. The van der Waals surface area contributed by atoms with Crippen molar-refractivity contribution in [3.63, 3.8) is 0 Å². The van der Waals surface area contributed by atoms with Crippen LogP contribution in [-0.2, 0) is 17.8 Å². The molecule has 0 aliphatic rings. The lowest BCUT2D eigenvalue weighted by atomic mass is 10.2. The van der Waals surface area contributed by atoms with Crippen LogP contribution in [-0.4, -0.2) is 32.4 Å². The van der Waals surface area contributed by atoms with E-state index in [0.29, 0.717) is 31.1 Å². The molecule has 0 saturated carbocycles. The van der Waals surface area contributed by atoms with Gasteiger partial charge in [0.05, 0.1) is 0 Å². The van der Waals surface area contributed by atoms with Crippen LogP contribution < -0.4 is 5.32 Å². The fraction of sp³-hybridized carbons (Fsp3) is 0.571. The average molecular weight is 291 g/mol. The maximum Gasteiger partial charge on any atom is 0.229 e. The molecule has 21 heavy (non-hydrogen) atoms. The maximum absolute atomic E-state index is 11.7. The van der Waals surface area contributed by atoms with E-state index in [4.69, 9.17) is 4.52 Å². The van der Waals surface area contributed by atoms with E-state index in [0.717, 1.165) is 13.0 Å². The first kappa shape index (κ1) is 15.2. The third-order valence-electron chi connectivity index (χ3n) is 3.00. The molecule has 2 heterocycles. The molecule has 0 aromatic carbocycles. The highest BCUT2D eigenvalue weighted by atomic mass is 16.5. The van der Waals surface area contributed by atoms with Crippen LogP contribution >= 0.6 is 0 Å². The van der Waals surface area contributed by atoms with Crippen molar-refractivity contribution in [3.05, 3.63) is 30.2 Å². The summed E-state index contributed by atoms with van der Waals surface area (Å²) >= 11 is 0. The zero-order chi connectivity index (χ0) is 15.1. The molecule has 7 nitrogen and oxygen atoms in total. The second-order valence-electron chi connectivity index (χ2n) is 5.18. The van der Waals surface area contributed by atoms with Gasteiger partial charge in [-0.05, 0) is 12.5 Å². The minimum Gasteiger partial charge on any atom is -0.356 e. The highest BCUT2D eigenvalue weighted by Crippen LogP contribution is 2.10. The Morgan fingerprint density at radius 3 is 3.00 bits per heavy atom. The van der Waals surface area contributed by atoms with Gasteiger partial charge in [-0.3, -0.25) is 9.48 Å². The molecule has 0 saturated heterocycles. The van der Waals surface area contributed by atoms with E-state index in [9.17, 15) is 4.79 Å². The normalized spacial score (nSPS) is 11.0. The minimum absolute atomic E-state index is 0.0368. The van der Waals surface area contributed by atoms with Gasteiger partial charge in [0.2, 0.25) is 11.8 Å². The van der Waals surface area contributed by atoms with Gasteiger partial charge in [-0.2, -0.15) is 10.1 Å². The number of aromatic nitrogens is 4. The molecule has 0 atom stereocenters. The van der Waals surface area contributed by atoms with Gasteiger partial charge in [0.15, 0.2) is 5.82 Å². The summed E-state index contributed by atoms with van der Waals surface area (Å²) in [7, 11) is 0. The van der Waals surface area contributed by atoms with Crippen LogP contribution in [0.5, 0.6) is 0 Å². The van der Waals surface area contributed by atoms with Crippen LogP contribution in [0, 0.1) is 0 Å². The molecule has 0 fully saturated rings. The van der Waals surface area contributed by atoms with Crippen LogP contribution in [0.15, 0.2) is 23.0 Å². The Hall–Kier alpha value is -2.18. The molecule has 0 aliphatic carbocycles. The average Bonchev–Trinajstić information content (AvgIpc) is 3.09. The summed E-state index contributed by atoms with van der Waals surface area (Å²) in [6.45, 7) is 5.28. The third kappa shape index (κ3) is 5.02. The molecular formula is C14H21N5O2. The number of nitrogens with one attached hydrogen (secondary N) is 1. The molecule has 0 unspecified atom stereocenters. The summed E-state index contributed by atoms with van der Waals surface area (Å²) in [6.07, 6.45) is 5.47. The van der Waals surface area contributed by atoms with Crippen LogP contribution in [0.2, 0.25) is 0 Å². The van der Waals surface area contributed by atoms with E-state index < -0.39 is 0 Å². The van der Waals surface area contributed by atoms with Crippen molar-refractivity contribution in [1.29, 1.82) is 0 Å². The largest absolute Gasteiger partial charge is 0.356 e. The van der Waals surface area contributed by atoms with E-state index in [1.807, 2.05) is 30.8 Å². The van der Waals surface area contributed by atoms with Crippen LogP contribution in [0.4, 0.5) is 0 Å². The minimum atomic E-state index is 0.0368. The smallest absolute Gasteiger partial charge is 0.229 e. The Bertz CT molecular complexity index is 547. The first-order chi connectivity index (χ1) is 10.1. The molecule has 1 N–H and O–H groups in total. The number of carbonyl (C=O) groups is 1. The van der Waals surface area contributed by atoms with Crippen molar-refractivity contribution in [2.24, 2.45) is 0 Å². The molecule has 0 radical (unpaired) electrons. The SMILES string of the molecule is CC(C)c1nc(CCNC(=O)CCCn2cccn2)no1. The second kappa shape index (κ2) is 7.56. The molecule has 0 bridgehead atoms. The summed E-state index contributed by atoms with van der Waals surface area (Å²) < 4.78 is 6.93. The standard InChI is InChI=1S/C14H21N5O2/c1-11(2)14-17-12(18-21-14)6-8-15-13(20)5-3-9-19-10-4-7-16-19/h4,7,10-11H,3,5-6,8-9H2,1-2H3,(H,15,20). The van der Waals surface area contributed by atoms with Crippen molar-refractivity contribution in [3.8, 4) is 0 Å². The van der Waals surface area contributed by atoms with Gasteiger partial charge < -0.3 is 9.84 Å². The zero-order valence-electron chi connectivity index (χ0n) is 12.5. The number of rotatable bonds is 8. The second-order valence-corrected chi connectivity index (χ2v) is 5.18. The summed E-state index contributed by atoms with van der Waals surface area (Å²) in [6, 6.07) is 1.87. The van der Waals surface area contributed by atoms with Gasteiger partial charge in [0.25, 0.3) is 0 Å². The van der Waals surface area contributed by atoms with Crippen molar-refractivity contribution in [2.45, 2.75) is 45.6 Å². The fourth-order valence-electron chi connectivity index (χ4n) is 1.84. The van der Waals surface area contributed by atoms with Gasteiger partial charge in [0.1, 0.15) is 0 Å². The first-order valence-electron chi connectivity index (χ1n) is 7.21. The summed E-state index contributed by atoms with van der Waals surface area (Å²) in [5, 5.41) is 10.8. The molecule has 1 amide bonds. The van der Waals surface area contributed by atoms with Crippen LogP contribution in [0.25, 0.3) is 0 Å². The van der Waals surface area contributed by atoms with Crippen molar-refractivity contribution < 1.29 is 9.32 Å². The Morgan fingerprint density at radius 1 is 1.48 bits per heavy atom. The van der Waals surface area contributed by atoms with E-state index in [-0.39, 0.29) is 11.8 Å². The number of amides is 1. The van der Waals surface area contributed by atoms with Gasteiger partial charge >= 0.3 is 0 Å². The molecular weight excluding hydrogens is 270 g/mol. The number of nitrogens with zero attached hydrogens (tertiary/aromatic N) is 4. The van der Waals surface area contributed by atoms with Gasteiger partial charge in [-0.15, -0.1) is 0 Å². The van der Waals surface area contributed by atoms with Crippen LogP contribution in [0.3, 0.4) is 0 Å². The quantitative estimate of drug-likeness (QED) is 0.797. The van der Waals surface area contributed by atoms with Crippen molar-refractivity contribution in [2.75, 3.05) is 6.54 Å². The molecule has 2 aromatic heterocycles. The lowest BCUT2D eigenvalue weighted by Crippen LogP contribution is -2.26. The lowest BCUT2D eigenvalue weighted by Gasteiger charge is -2.04. The summed E-state index contributed by atoms with van der Waals surface area (Å²) in [5.41, 5.74) is 0. The molecule has 0 spiro atoms. The Morgan fingerprint density at radius 2 is 2.33 bits per heavy atom. The predicted molar refractivity (Wildman–Crippen MR) is 76.6 cm³/mol. The Kier molecular flexibility index (Phi) is 5.48. The van der Waals surface area contributed by atoms with E-state index >= 15 is 0 Å². The number of aryl methyl sites for hydroxylation is 1. The van der Waals surface area contributed by atoms with Crippen molar-refractivity contribution in [1.82, 2.24) is 25.2 Å². The number of hydrogen-bond donors (Lipinski definition) is 1. The predicted octanol–water partition coefficient (Wildman–Crippen LogP) is 1.53. The zero-order valence-corrected chi connectivity index (χ0v) is 12.5. The number of carbonyl (C=O) groups excluding carboxylic acids is 1. The lowest BCUT2D eigenvalue weighted by molar-refractivity contribution is -0.121. The van der Waals surface area contributed by atoms with E-state index in [1.54, 1.807) is 6.20 Å². The Labute approximate surface area is 123 Å². The summed E-state index contributed by atoms with van der Waals surface area (Å²) in [4.78, 5) is 15.9.